The Balaban J connectivity index is 1.61. The molecule has 0 aromatic heterocycles. The minimum Gasteiger partial charge on any atom is -0.300 e. The highest BCUT2D eigenvalue weighted by molar-refractivity contribution is 6.21. The highest BCUT2D eigenvalue weighted by Gasteiger charge is 2.47. The first kappa shape index (κ1) is 20.1. The van der Waals surface area contributed by atoms with Gasteiger partial charge in [0.15, 0.2) is 0 Å². The second-order valence-electron chi connectivity index (χ2n) is 8.13. The third-order valence-electron chi connectivity index (χ3n) is 6.46. The van der Waals surface area contributed by atoms with Gasteiger partial charge in [-0.25, -0.2) is 15.4 Å². The lowest BCUT2D eigenvalue weighted by atomic mass is 9.78. The van der Waals surface area contributed by atoms with Crippen molar-refractivity contribution in [1.82, 2.24) is 4.90 Å². The molecular weight excluding hydrogens is 410 g/mol. The Hall–Kier alpha value is -3.85. The summed E-state index contributed by atoms with van der Waals surface area (Å²) in [5.74, 6) is -1.68. The van der Waals surface area contributed by atoms with Gasteiger partial charge in [0.2, 0.25) is 0 Å². The second kappa shape index (κ2) is 7.38. The van der Waals surface area contributed by atoms with Crippen molar-refractivity contribution >= 4 is 11.8 Å². The van der Waals surface area contributed by atoms with Gasteiger partial charge in [-0.2, -0.15) is 0 Å². The number of benzene rings is 3. The molecular formula is C26H18F2N2O2. The number of fused-ring (bicyclic) bond motifs is 3. The van der Waals surface area contributed by atoms with Crippen LogP contribution in [-0.4, -0.2) is 23.3 Å². The standard InChI is InChI=1S/C26H18F2N2O2/c1-29-26(12-13-30-24(31)20-4-2-3-5-21(20)25(30)32)22-11-10-18(27)14-17(22)7-6-16-8-9-19(28)15-23(16)26/h2-5,8-11,14-15H,6-7,12-13H2. The number of halogens is 2. The predicted molar refractivity (Wildman–Crippen MR) is 114 cm³/mol. The topological polar surface area (TPSA) is 41.7 Å². The van der Waals surface area contributed by atoms with Gasteiger partial charge in [-0.3, -0.25) is 19.3 Å². The van der Waals surface area contributed by atoms with Crippen LogP contribution in [0, 0.1) is 18.2 Å². The lowest BCUT2D eigenvalue weighted by Gasteiger charge is -2.27. The van der Waals surface area contributed by atoms with Crippen molar-refractivity contribution in [3.05, 3.63) is 117 Å². The van der Waals surface area contributed by atoms with Crippen LogP contribution in [0.25, 0.3) is 4.85 Å². The number of rotatable bonds is 3. The van der Waals surface area contributed by atoms with Crippen LogP contribution in [0.1, 0.15) is 49.4 Å². The summed E-state index contributed by atoms with van der Waals surface area (Å²) in [4.78, 5) is 30.8. The van der Waals surface area contributed by atoms with Gasteiger partial charge in [0.25, 0.3) is 17.4 Å². The van der Waals surface area contributed by atoms with Crippen molar-refractivity contribution in [3.63, 3.8) is 0 Å². The summed E-state index contributed by atoms with van der Waals surface area (Å²) in [6.07, 6.45) is 1.13. The number of aryl methyl sites for hydroxylation is 2. The Morgan fingerprint density at radius 2 is 1.47 bits per heavy atom. The fourth-order valence-electron chi connectivity index (χ4n) is 4.90. The fraction of sp³-hybridized carbons (Fsp3) is 0.192. The van der Waals surface area contributed by atoms with Crippen LogP contribution in [0.3, 0.4) is 0 Å². The number of carbonyl (C=O) groups excluding carboxylic acids is 2. The number of carbonyl (C=O) groups is 2. The molecule has 0 N–H and O–H groups in total. The van der Waals surface area contributed by atoms with Crippen LogP contribution in [-0.2, 0) is 18.4 Å². The monoisotopic (exact) mass is 428 g/mol. The molecule has 0 saturated heterocycles. The van der Waals surface area contributed by atoms with Crippen LogP contribution in [0.2, 0.25) is 0 Å². The summed E-state index contributed by atoms with van der Waals surface area (Å²) in [6, 6.07) is 15.3. The van der Waals surface area contributed by atoms with E-state index in [4.69, 9.17) is 6.57 Å². The molecule has 0 radical (unpaired) electrons. The van der Waals surface area contributed by atoms with Crippen LogP contribution in [0.15, 0.2) is 60.7 Å². The molecule has 0 fully saturated rings. The van der Waals surface area contributed by atoms with Crippen LogP contribution in [0.4, 0.5) is 8.78 Å². The van der Waals surface area contributed by atoms with E-state index in [9.17, 15) is 18.4 Å². The molecule has 1 unspecified atom stereocenters. The number of imide groups is 1. The van der Waals surface area contributed by atoms with E-state index >= 15 is 0 Å². The second-order valence-corrected chi connectivity index (χ2v) is 8.13. The van der Waals surface area contributed by atoms with Gasteiger partial charge in [-0.15, -0.1) is 0 Å². The summed E-state index contributed by atoms with van der Waals surface area (Å²) in [6.45, 7) is 8.14. The van der Waals surface area contributed by atoms with E-state index in [0.29, 0.717) is 40.7 Å². The molecule has 3 aromatic carbocycles. The molecule has 3 aromatic rings. The molecule has 1 aliphatic heterocycles. The highest BCUT2D eigenvalue weighted by atomic mass is 19.1. The molecule has 4 nitrogen and oxygen atoms in total. The van der Waals surface area contributed by atoms with E-state index in [2.05, 4.69) is 4.85 Å². The molecule has 1 atom stereocenters. The van der Waals surface area contributed by atoms with Crippen LogP contribution >= 0.6 is 0 Å². The average Bonchev–Trinajstić information content (AvgIpc) is 2.96. The van der Waals surface area contributed by atoms with E-state index in [0.717, 1.165) is 10.5 Å². The summed E-state index contributed by atoms with van der Waals surface area (Å²) in [7, 11) is 0. The summed E-state index contributed by atoms with van der Waals surface area (Å²) in [5, 5.41) is 0. The van der Waals surface area contributed by atoms with Gasteiger partial charge in [0, 0.05) is 17.7 Å². The first-order chi connectivity index (χ1) is 15.4. The number of hydrogen-bond donors (Lipinski definition) is 0. The van der Waals surface area contributed by atoms with E-state index in [1.165, 1.54) is 24.3 Å². The lowest BCUT2D eigenvalue weighted by Crippen LogP contribution is -2.36. The summed E-state index contributed by atoms with van der Waals surface area (Å²) >= 11 is 0. The fourth-order valence-corrected chi connectivity index (χ4v) is 4.90. The molecule has 0 spiro atoms. The predicted octanol–water partition coefficient (Wildman–Crippen LogP) is 4.91. The van der Waals surface area contributed by atoms with Gasteiger partial charge in [-0.1, -0.05) is 18.2 Å². The average molecular weight is 428 g/mol. The Kier molecular flexibility index (Phi) is 4.63. The molecule has 32 heavy (non-hydrogen) atoms. The van der Waals surface area contributed by atoms with E-state index in [1.807, 2.05) is 0 Å². The maximum Gasteiger partial charge on any atom is 0.284 e. The van der Waals surface area contributed by atoms with Gasteiger partial charge in [-0.05, 0) is 66.4 Å². The van der Waals surface area contributed by atoms with E-state index in [1.54, 1.807) is 36.4 Å². The largest absolute Gasteiger partial charge is 0.300 e. The minimum absolute atomic E-state index is 0.0124. The van der Waals surface area contributed by atoms with Gasteiger partial charge in [0.1, 0.15) is 11.6 Å². The molecule has 2 aliphatic rings. The SMILES string of the molecule is [C-]#[N+]C1(CCN2C(=O)c3ccccc3C2=O)c2ccc(F)cc2CCc2ccc(F)cc21. The van der Waals surface area contributed by atoms with Crippen molar-refractivity contribution in [2.75, 3.05) is 6.54 Å². The van der Waals surface area contributed by atoms with Gasteiger partial charge >= 0.3 is 0 Å². The summed E-state index contributed by atoms with van der Waals surface area (Å²) in [5.41, 5.74) is 1.92. The van der Waals surface area contributed by atoms with Crippen LogP contribution in [0.5, 0.6) is 0 Å². The van der Waals surface area contributed by atoms with Crippen molar-refractivity contribution in [3.8, 4) is 0 Å². The quantitative estimate of drug-likeness (QED) is 0.439. The molecule has 1 aliphatic carbocycles. The maximum absolute atomic E-state index is 14.3. The van der Waals surface area contributed by atoms with Crippen molar-refractivity contribution in [2.45, 2.75) is 24.8 Å². The molecule has 6 heteroatoms. The summed E-state index contributed by atoms with van der Waals surface area (Å²) < 4.78 is 28.3. The van der Waals surface area contributed by atoms with E-state index in [-0.39, 0.29) is 13.0 Å². The maximum atomic E-state index is 14.3. The molecule has 1 heterocycles. The van der Waals surface area contributed by atoms with Gasteiger partial charge < -0.3 is 0 Å². The first-order valence-electron chi connectivity index (χ1n) is 10.4. The minimum atomic E-state index is -1.34. The molecule has 0 bridgehead atoms. The Morgan fingerprint density at radius 3 is 2.16 bits per heavy atom. The van der Waals surface area contributed by atoms with Gasteiger partial charge in [0.05, 0.1) is 17.5 Å². The normalized spacial score (nSPS) is 19.1. The molecule has 5 rings (SSSR count). The number of nitrogens with zero attached hydrogens (tertiary/aromatic N) is 2. The number of amides is 2. The van der Waals surface area contributed by atoms with E-state index < -0.39 is 29.0 Å². The van der Waals surface area contributed by atoms with Crippen LogP contribution < -0.4 is 0 Å². The zero-order valence-electron chi connectivity index (χ0n) is 17.1. The van der Waals surface area contributed by atoms with Crippen molar-refractivity contribution in [2.24, 2.45) is 0 Å². The highest BCUT2D eigenvalue weighted by Crippen LogP contribution is 2.44. The zero-order chi connectivity index (χ0) is 22.5. The molecule has 158 valence electrons. The third kappa shape index (κ3) is 2.93. The Morgan fingerprint density at radius 1 is 0.844 bits per heavy atom. The lowest BCUT2D eigenvalue weighted by molar-refractivity contribution is 0.0647. The Bertz CT molecular complexity index is 1290. The smallest absolute Gasteiger partial charge is 0.284 e. The number of hydrogen-bond acceptors (Lipinski definition) is 2. The third-order valence-corrected chi connectivity index (χ3v) is 6.46. The molecule has 2 amide bonds. The first-order valence-corrected chi connectivity index (χ1v) is 10.4. The Labute approximate surface area is 183 Å². The van der Waals surface area contributed by atoms with Crippen molar-refractivity contribution < 1.29 is 18.4 Å². The van der Waals surface area contributed by atoms with Crippen molar-refractivity contribution in [1.29, 1.82) is 0 Å². The zero-order valence-corrected chi connectivity index (χ0v) is 17.1. The molecule has 0 saturated carbocycles.